The molecular formula is C20H28Cl2N4O2S. The molecule has 1 aromatic heterocycles. The Bertz CT molecular complexity index is 928. The first-order chi connectivity index (χ1) is 13.6. The summed E-state index contributed by atoms with van der Waals surface area (Å²) < 4.78 is 28.5. The molecule has 1 aliphatic rings. The molecule has 1 fully saturated rings. The fourth-order valence-electron chi connectivity index (χ4n) is 3.37. The van der Waals surface area contributed by atoms with Gasteiger partial charge in [0.05, 0.1) is 4.75 Å². The highest BCUT2D eigenvalue weighted by molar-refractivity contribution is 7.90. The Morgan fingerprint density at radius 2 is 1.72 bits per heavy atom. The van der Waals surface area contributed by atoms with Crippen LogP contribution in [0.1, 0.15) is 46.5 Å². The molecule has 0 atom stereocenters. The highest BCUT2D eigenvalue weighted by atomic mass is 35.5. The number of nitrogens with one attached hydrogen (secondary N) is 2. The summed E-state index contributed by atoms with van der Waals surface area (Å²) in [6.07, 6.45) is 5.36. The van der Waals surface area contributed by atoms with E-state index in [9.17, 15) is 8.42 Å². The van der Waals surface area contributed by atoms with Gasteiger partial charge in [-0.15, -0.1) is 0 Å². The van der Waals surface area contributed by atoms with E-state index < -0.39 is 14.8 Å². The molecule has 1 saturated carbocycles. The topological polar surface area (TPSA) is 76.0 Å². The van der Waals surface area contributed by atoms with Crippen LogP contribution >= 0.6 is 23.2 Å². The molecule has 0 spiro atoms. The molecule has 0 amide bonds. The van der Waals surface area contributed by atoms with Crippen LogP contribution in [0.2, 0.25) is 10.3 Å². The Labute approximate surface area is 183 Å². The molecule has 0 unspecified atom stereocenters. The van der Waals surface area contributed by atoms with Gasteiger partial charge in [0.15, 0.2) is 10.3 Å². The summed E-state index contributed by atoms with van der Waals surface area (Å²) in [4.78, 5) is 3.99. The lowest BCUT2D eigenvalue weighted by Crippen LogP contribution is -2.46. The maximum atomic E-state index is 12.3. The van der Waals surface area contributed by atoms with E-state index in [0.29, 0.717) is 11.1 Å². The normalized spacial score (nSPS) is 20.6. The summed E-state index contributed by atoms with van der Waals surface area (Å²) in [7, 11) is -3.29. The second-order valence-corrected chi connectivity index (χ2v) is 11.8. The molecule has 160 valence electrons. The van der Waals surface area contributed by atoms with Crippen LogP contribution in [-0.2, 0) is 10.0 Å². The minimum atomic E-state index is -3.29. The Morgan fingerprint density at radius 1 is 1.10 bits per heavy atom. The predicted molar refractivity (Wildman–Crippen MR) is 120 cm³/mol. The molecule has 1 heterocycles. The third-order valence-electron chi connectivity index (χ3n) is 5.38. The van der Waals surface area contributed by atoms with Crippen LogP contribution in [0.4, 0.5) is 5.69 Å². The molecule has 2 aromatic rings. The lowest BCUT2D eigenvalue weighted by Gasteiger charge is -2.31. The van der Waals surface area contributed by atoms with Crippen LogP contribution in [0.25, 0.3) is 5.69 Å². The average molecular weight is 459 g/mol. The van der Waals surface area contributed by atoms with Crippen LogP contribution in [0.3, 0.4) is 0 Å². The number of halogens is 2. The van der Waals surface area contributed by atoms with Crippen molar-refractivity contribution in [2.75, 3.05) is 11.9 Å². The molecule has 2 N–H and O–H groups in total. The van der Waals surface area contributed by atoms with Gasteiger partial charge in [0.25, 0.3) is 0 Å². The van der Waals surface area contributed by atoms with Gasteiger partial charge in [-0.05, 0) is 76.6 Å². The van der Waals surface area contributed by atoms with Crippen molar-refractivity contribution in [2.24, 2.45) is 5.92 Å². The maximum Gasteiger partial charge on any atom is 0.216 e. The van der Waals surface area contributed by atoms with Crippen LogP contribution < -0.4 is 10.0 Å². The van der Waals surface area contributed by atoms with Crippen LogP contribution in [0.15, 0.2) is 30.6 Å². The Hall–Kier alpha value is -1.28. The molecule has 0 bridgehead atoms. The van der Waals surface area contributed by atoms with Crippen molar-refractivity contribution in [3.63, 3.8) is 0 Å². The number of benzene rings is 1. The number of hydrogen-bond donors (Lipinski definition) is 2. The number of anilines is 1. The zero-order chi connectivity index (χ0) is 21.2. The zero-order valence-electron chi connectivity index (χ0n) is 17.0. The Morgan fingerprint density at radius 3 is 2.24 bits per heavy atom. The molecule has 1 aromatic carbocycles. The van der Waals surface area contributed by atoms with Gasteiger partial charge >= 0.3 is 0 Å². The van der Waals surface area contributed by atoms with Crippen LogP contribution in [0, 0.1) is 5.92 Å². The molecule has 9 heteroatoms. The van der Waals surface area contributed by atoms with E-state index in [4.69, 9.17) is 23.2 Å². The average Bonchev–Trinajstić information content (AvgIpc) is 2.99. The van der Waals surface area contributed by atoms with E-state index in [2.05, 4.69) is 15.0 Å². The molecular weight excluding hydrogens is 431 g/mol. The van der Waals surface area contributed by atoms with E-state index in [1.807, 2.05) is 24.3 Å². The van der Waals surface area contributed by atoms with Gasteiger partial charge < -0.3 is 5.32 Å². The van der Waals surface area contributed by atoms with Gasteiger partial charge in [0.1, 0.15) is 6.33 Å². The van der Waals surface area contributed by atoms with E-state index in [1.54, 1.807) is 31.7 Å². The largest absolute Gasteiger partial charge is 0.385 e. The number of nitrogens with zero attached hydrogens (tertiary/aromatic N) is 2. The molecule has 29 heavy (non-hydrogen) atoms. The number of aromatic nitrogens is 2. The molecule has 1 aliphatic carbocycles. The monoisotopic (exact) mass is 458 g/mol. The van der Waals surface area contributed by atoms with Gasteiger partial charge in [-0.2, -0.15) is 0 Å². The first-order valence-electron chi connectivity index (χ1n) is 9.81. The van der Waals surface area contributed by atoms with E-state index in [1.165, 1.54) is 0 Å². The Balaban J connectivity index is 1.48. The number of rotatable bonds is 6. The minimum Gasteiger partial charge on any atom is -0.385 e. The van der Waals surface area contributed by atoms with Crippen molar-refractivity contribution in [3.8, 4) is 5.69 Å². The number of sulfonamides is 1. The smallest absolute Gasteiger partial charge is 0.216 e. The molecule has 0 saturated heterocycles. The minimum absolute atomic E-state index is 0.0431. The van der Waals surface area contributed by atoms with Gasteiger partial charge in [-0.3, -0.25) is 4.57 Å². The number of hydrogen-bond acceptors (Lipinski definition) is 4. The van der Waals surface area contributed by atoms with E-state index in [0.717, 1.165) is 43.6 Å². The quantitative estimate of drug-likeness (QED) is 0.647. The summed E-state index contributed by atoms with van der Waals surface area (Å²) in [5, 5.41) is 4.16. The summed E-state index contributed by atoms with van der Waals surface area (Å²) in [5.74, 6) is 0.534. The standard InChI is InChI=1S/C20H28Cl2N4O2S/c1-20(2,3)29(27,28)25-16-6-4-14(5-7-16)12-23-15-8-10-17(11-9-15)26-13-24-18(21)19(26)22/h8-11,13-14,16,23,25H,4-7,12H2,1-3H3/t14-,16-. The van der Waals surface area contributed by atoms with Crippen molar-refractivity contribution in [2.45, 2.75) is 57.2 Å². The molecule has 3 rings (SSSR count). The fraction of sp³-hybridized carbons (Fsp3) is 0.550. The van der Waals surface area contributed by atoms with Crippen LogP contribution in [0.5, 0.6) is 0 Å². The van der Waals surface area contributed by atoms with Crippen LogP contribution in [-0.4, -0.2) is 35.3 Å². The molecule has 0 radical (unpaired) electrons. The Kier molecular flexibility index (Phi) is 6.83. The second-order valence-electron chi connectivity index (χ2n) is 8.58. The van der Waals surface area contributed by atoms with Gasteiger partial charge in [-0.1, -0.05) is 23.2 Å². The second kappa shape index (κ2) is 8.84. The third-order valence-corrected chi connectivity index (χ3v) is 8.37. The SMILES string of the molecule is CC(C)(C)S(=O)(=O)N[C@H]1CC[C@H](CNc2ccc(-n3cnc(Cl)c3Cl)cc2)CC1. The first-order valence-corrected chi connectivity index (χ1v) is 12.1. The van der Waals surface area contributed by atoms with Crippen molar-refractivity contribution in [3.05, 3.63) is 40.9 Å². The summed E-state index contributed by atoms with van der Waals surface area (Å²) in [5.41, 5.74) is 1.93. The summed E-state index contributed by atoms with van der Waals surface area (Å²) >= 11 is 12.0. The fourth-order valence-corrected chi connectivity index (χ4v) is 4.73. The first kappa shape index (κ1) is 22.4. The predicted octanol–water partition coefficient (Wildman–Crippen LogP) is 4.87. The van der Waals surface area contributed by atoms with Gasteiger partial charge in [0.2, 0.25) is 10.0 Å². The summed E-state index contributed by atoms with van der Waals surface area (Å²) in [6.45, 7) is 6.05. The van der Waals surface area contributed by atoms with Crippen molar-refractivity contribution >= 4 is 38.9 Å². The van der Waals surface area contributed by atoms with Gasteiger partial charge in [-0.25, -0.2) is 18.1 Å². The van der Waals surface area contributed by atoms with E-state index in [-0.39, 0.29) is 11.2 Å². The molecule has 6 nitrogen and oxygen atoms in total. The number of imidazole rings is 1. The zero-order valence-corrected chi connectivity index (χ0v) is 19.3. The van der Waals surface area contributed by atoms with Gasteiger partial charge in [0, 0.05) is 24.0 Å². The lowest BCUT2D eigenvalue weighted by molar-refractivity contribution is 0.322. The van der Waals surface area contributed by atoms with Crippen molar-refractivity contribution in [1.29, 1.82) is 0 Å². The van der Waals surface area contributed by atoms with E-state index >= 15 is 0 Å². The van der Waals surface area contributed by atoms with Crippen molar-refractivity contribution in [1.82, 2.24) is 14.3 Å². The summed E-state index contributed by atoms with van der Waals surface area (Å²) in [6, 6.07) is 7.97. The lowest BCUT2D eigenvalue weighted by atomic mass is 9.86. The highest BCUT2D eigenvalue weighted by Gasteiger charge is 2.32. The third kappa shape index (κ3) is 5.45. The van der Waals surface area contributed by atoms with Crippen molar-refractivity contribution < 1.29 is 8.42 Å². The molecule has 0 aliphatic heterocycles. The maximum absolute atomic E-state index is 12.3. The highest BCUT2D eigenvalue weighted by Crippen LogP contribution is 2.27.